The van der Waals surface area contributed by atoms with Crippen molar-refractivity contribution < 1.29 is 36.2 Å². The Hall–Kier alpha value is -3.77. The van der Waals surface area contributed by atoms with Gasteiger partial charge in [0.25, 0.3) is 0 Å². The molecule has 0 spiro atoms. The number of aromatic nitrogens is 1. The van der Waals surface area contributed by atoms with E-state index < -0.39 is 0 Å². The number of H-pyrrole nitrogens is 1. The van der Waals surface area contributed by atoms with E-state index in [1.807, 2.05) is 65.9 Å². The zero-order valence-corrected chi connectivity index (χ0v) is 27.2. The second-order valence-electron chi connectivity index (χ2n) is 12.7. The molecule has 3 aromatic carbocycles. The Kier molecular flexibility index (Phi) is 10.7. The van der Waals surface area contributed by atoms with Crippen LogP contribution in [-0.2, 0) is 33.7 Å². The molecule has 7 nitrogen and oxygen atoms in total. The minimum atomic E-state index is -0.347. The monoisotopic (exact) mass is 625 g/mol. The smallest absolute Gasteiger partial charge is 0.872 e. The maximum absolute atomic E-state index is 13.4. The number of para-hydroxylation sites is 1. The van der Waals surface area contributed by atoms with Crippen molar-refractivity contribution in [2.45, 2.75) is 64.8 Å². The summed E-state index contributed by atoms with van der Waals surface area (Å²) in [6.45, 7) is 12.4. The molecule has 4 rings (SSSR count). The van der Waals surface area contributed by atoms with E-state index in [0.29, 0.717) is 46.7 Å². The van der Waals surface area contributed by atoms with Crippen LogP contribution in [0.25, 0.3) is 10.9 Å². The number of hydrogen-bond donors (Lipinski definition) is 1. The van der Waals surface area contributed by atoms with Gasteiger partial charge in [0.15, 0.2) is 0 Å². The van der Waals surface area contributed by atoms with Gasteiger partial charge >= 0.3 is 16.5 Å². The number of ether oxygens (including phenoxy) is 2. The Labute approximate surface area is 265 Å². The number of hydrogen-bond acceptors (Lipinski definition) is 6. The second kappa shape index (κ2) is 13.7. The fourth-order valence-electron chi connectivity index (χ4n) is 4.97. The van der Waals surface area contributed by atoms with Gasteiger partial charge in [-0.2, -0.15) is 0 Å². The summed E-state index contributed by atoms with van der Waals surface area (Å²) in [5, 5.41) is 27.7. The molecule has 1 atom stereocenters. The number of aromatic amines is 1. The first-order chi connectivity index (χ1) is 19.8. The maximum atomic E-state index is 13.4. The molecule has 0 saturated carbocycles. The van der Waals surface area contributed by atoms with Crippen LogP contribution >= 0.6 is 0 Å². The minimum Gasteiger partial charge on any atom is -0.872 e. The first-order valence-corrected chi connectivity index (χ1v) is 14.2. The summed E-state index contributed by atoms with van der Waals surface area (Å²) in [4.78, 5) is 12.9. The van der Waals surface area contributed by atoms with Gasteiger partial charge in [0.05, 0.1) is 26.8 Å². The van der Waals surface area contributed by atoms with Crippen molar-refractivity contribution in [2.24, 2.45) is 9.98 Å². The molecular formula is C35H41N3NiO4. The SMILES string of the molecule is COc1cc(C=NC[C@H](Cc2c[nH]c3ccccc23)N=Cc2cc(OC)cc(C(C)(C)C)c2[O-])c([O-])c(C(C)(C)C)c1.[Ni+2]. The first kappa shape index (κ1) is 33.7. The number of aliphatic imine (C=N–C) groups is 2. The Balaban J connectivity index is 0.00000506. The van der Waals surface area contributed by atoms with Gasteiger partial charge < -0.3 is 24.7 Å². The maximum Gasteiger partial charge on any atom is 2.00 e. The summed E-state index contributed by atoms with van der Waals surface area (Å²) >= 11 is 0. The van der Waals surface area contributed by atoms with Gasteiger partial charge in [-0.3, -0.25) is 9.98 Å². The van der Waals surface area contributed by atoms with E-state index in [4.69, 9.17) is 14.5 Å². The largest absolute Gasteiger partial charge is 2.00 e. The molecule has 1 heterocycles. The van der Waals surface area contributed by atoms with Crippen molar-refractivity contribution in [2.75, 3.05) is 20.8 Å². The Morgan fingerprint density at radius 2 is 1.35 bits per heavy atom. The van der Waals surface area contributed by atoms with E-state index in [-0.39, 0.29) is 44.9 Å². The predicted molar refractivity (Wildman–Crippen MR) is 168 cm³/mol. The molecule has 0 radical (unpaired) electrons. The van der Waals surface area contributed by atoms with Crippen LogP contribution in [0.3, 0.4) is 0 Å². The number of rotatable bonds is 9. The van der Waals surface area contributed by atoms with Crippen molar-refractivity contribution in [3.63, 3.8) is 0 Å². The van der Waals surface area contributed by atoms with Crippen molar-refractivity contribution in [1.29, 1.82) is 0 Å². The Bertz CT molecular complexity index is 1610. The molecule has 0 bridgehead atoms. The van der Waals surface area contributed by atoms with Gasteiger partial charge in [-0.25, -0.2) is 0 Å². The summed E-state index contributed by atoms with van der Waals surface area (Å²) in [6.07, 6.45) is 5.84. The van der Waals surface area contributed by atoms with Gasteiger partial charge in [-0.1, -0.05) is 71.2 Å². The van der Waals surface area contributed by atoms with Crippen molar-refractivity contribution in [3.8, 4) is 23.0 Å². The molecule has 8 heteroatoms. The average molecular weight is 626 g/mol. The number of nitrogens with one attached hydrogen (secondary N) is 1. The zero-order valence-electron chi connectivity index (χ0n) is 26.2. The van der Waals surface area contributed by atoms with Crippen LogP contribution in [0.5, 0.6) is 23.0 Å². The second-order valence-corrected chi connectivity index (χ2v) is 12.7. The summed E-state index contributed by atoms with van der Waals surface area (Å²) < 4.78 is 11.0. The fraction of sp³-hybridized carbons (Fsp3) is 0.371. The molecule has 0 aliphatic rings. The standard InChI is InChI=1S/C35H43N3O4.Ni/c1-34(2,3)29-16-26(41-7)14-23(32(29)39)18-36-21-25(13-22-19-38-31-12-10-9-11-28(22)31)37-20-24-15-27(42-8)17-30(33(24)40)35(4,5)6;/h9-12,14-20,25,38-40H,13,21H2,1-8H3;/q;+2/p-2/t25-;/m0./s1. The van der Waals surface area contributed by atoms with Crippen LogP contribution in [0.1, 0.15) is 69.4 Å². The fourth-order valence-corrected chi connectivity index (χ4v) is 4.97. The number of methoxy groups -OCH3 is 2. The van der Waals surface area contributed by atoms with Crippen LogP contribution in [0.2, 0.25) is 0 Å². The van der Waals surface area contributed by atoms with Crippen LogP contribution < -0.4 is 19.7 Å². The average Bonchev–Trinajstić information content (AvgIpc) is 3.34. The van der Waals surface area contributed by atoms with E-state index in [0.717, 1.165) is 16.5 Å². The normalized spacial score (nSPS) is 13.0. The quantitative estimate of drug-likeness (QED) is 0.180. The Morgan fingerprint density at radius 3 is 1.88 bits per heavy atom. The molecule has 0 amide bonds. The van der Waals surface area contributed by atoms with Gasteiger partial charge in [0.2, 0.25) is 0 Å². The molecule has 1 aromatic heterocycles. The van der Waals surface area contributed by atoms with Gasteiger partial charge in [0.1, 0.15) is 11.5 Å². The number of nitrogens with zero attached hydrogens (tertiary/aromatic N) is 2. The van der Waals surface area contributed by atoms with Crippen molar-refractivity contribution in [3.05, 3.63) is 82.5 Å². The van der Waals surface area contributed by atoms with E-state index in [2.05, 4.69) is 16.0 Å². The third kappa shape index (κ3) is 8.00. The summed E-state index contributed by atoms with van der Waals surface area (Å²) in [5.74, 6) is 1.10. The van der Waals surface area contributed by atoms with Crippen molar-refractivity contribution in [1.82, 2.24) is 4.98 Å². The van der Waals surface area contributed by atoms with Gasteiger partial charge in [0, 0.05) is 29.5 Å². The topological polar surface area (TPSA) is 105 Å². The molecule has 0 saturated heterocycles. The molecule has 1 N–H and O–H groups in total. The predicted octanol–water partition coefficient (Wildman–Crippen LogP) is 6.07. The van der Waals surface area contributed by atoms with Crippen LogP contribution in [0.15, 0.2) is 64.7 Å². The van der Waals surface area contributed by atoms with Gasteiger partial charge in [-0.05, 0) is 75.4 Å². The van der Waals surface area contributed by atoms with E-state index in [9.17, 15) is 10.2 Å². The summed E-state index contributed by atoms with van der Waals surface area (Å²) in [6, 6.07) is 14.9. The summed E-state index contributed by atoms with van der Waals surface area (Å²) in [7, 11) is 3.18. The zero-order chi connectivity index (χ0) is 30.7. The molecule has 0 unspecified atom stereocenters. The van der Waals surface area contributed by atoms with Crippen molar-refractivity contribution >= 4 is 23.3 Å². The van der Waals surface area contributed by atoms with Gasteiger partial charge in [-0.15, -0.1) is 0 Å². The number of fused-ring (bicyclic) bond motifs is 1. The summed E-state index contributed by atoms with van der Waals surface area (Å²) in [5.41, 5.74) is 3.75. The molecule has 43 heavy (non-hydrogen) atoms. The van der Waals surface area contributed by atoms with Crippen LogP contribution in [0.4, 0.5) is 0 Å². The molecule has 0 fully saturated rings. The molecule has 0 aliphatic heterocycles. The third-order valence-electron chi connectivity index (χ3n) is 7.37. The molecule has 230 valence electrons. The van der Waals surface area contributed by atoms with E-state index >= 15 is 0 Å². The number of benzene rings is 3. The van der Waals surface area contributed by atoms with Crippen LogP contribution in [0, 0.1) is 0 Å². The third-order valence-corrected chi connectivity index (χ3v) is 7.37. The first-order valence-electron chi connectivity index (χ1n) is 14.2. The molecular weight excluding hydrogens is 585 g/mol. The Morgan fingerprint density at radius 1 is 0.814 bits per heavy atom. The molecule has 4 aromatic rings. The van der Waals surface area contributed by atoms with Crippen LogP contribution in [-0.4, -0.2) is 44.2 Å². The van der Waals surface area contributed by atoms with E-state index in [1.165, 1.54) is 0 Å². The molecule has 0 aliphatic carbocycles. The minimum absolute atomic E-state index is 0. The van der Waals surface area contributed by atoms with E-state index in [1.54, 1.807) is 50.9 Å².